The highest BCUT2D eigenvalue weighted by Crippen LogP contribution is 2.25. The largest absolute Gasteiger partial charge is 0.375 e. The van der Waals surface area contributed by atoms with Crippen LogP contribution in [0, 0.1) is 0 Å². The second kappa shape index (κ2) is 6.74. The molecule has 0 atom stereocenters. The summed E-state index contributed by atoms with van der Waals surface area (Å²) in [5.74, 6) is 0. The second-order valence-electron chi connectivity index (χ2n) is 5.28. The number of rotatable bonds is 4. The molecular formula is C14H17ClN4O2S2. The number of nitrogens with two attached hydrogens (primary N) is 1. The molecule has 9 heteroatoms. The maximum absolute atomic E-state index is 12.7. The predicted octanol–water partition coefficient (Wildman–Crippen LogP) is 1.89. The van der Waals surface area contributed by atoms with E-state index in [0.29, 0.717) is 31.3 Å². The van der Waals surface area contributed by atoms with Crippen molar-refractivity contribution in [2.24, 2.45) is 0 Å². The number of anilines is 1. The third-order valence-corrected chi connectivity index (χ3v) is 6.95. The van der Waals surface area contributed by atoms with Crippen molar-refractivity contribution in [1.29, 1.82) is 0 Å². The van der Waals surface area contributed by atoms with E-state index in [4.69, 9.17) is 17.3 Å². The fourth-order valence-corrected chi connectivity index (χ4v) is 5.18. The Morgan fingerprint density at radius 2 is 1.91 bits per heavy atom. The Morgan fingerprint density at radius 1 is 1.22 bits per heavy atom. The number of sulfonamides is 1. The maximum Gasteiger partial charge on any atom is 0.244 e. The van der Waals surface area contributed by atoms with Gasteiger partial charge in [0.15, 0.2) is 5.13 Å². The fraction of sp³-hybridized carbons (Fsp3) is 0.357. The van der Waals surface area contributed by atoms with Gasteiger partial charge in [-0.25, -0.2) is 13.4 Å². The van der Waals surface area contributed by atoms with Gasteiger partial charge in [-0.05, 0) is 12.1 Å². The van der Waals surface area contributed by atoms with Crippen LogP contribution in [0.4, 0.5) is 5.13 Å². The molecule has 1 aromatic heterocycles. The van der Waals surface area contributed by atoms with Gasteiger partial charge in [0.1, 0.15) is 4.90 Å². The maximum atomic E-state index is 12.7. The number of thiazole rings is 1. The lowest BCUT2D eigenvalue weighted by atomic mass is 10.3. The molecule has 0 aliphatic carbocycles. The Morgan fingerprint density at radius 3 is 2.52 bits per heavy atom. The average molecular weight is 373 g/mol. The van der Waals surface area contributed by atoms with Crippen LogP contribution in [0.1, 0.15) is 4.88 Å². The third kappa shape index (κ3) is 3.67. The van der Waals surface area contributed by atoms with Gasteiger partial charge in [0.2, 0.25) is 10.0 Å². The van der Waals surface area contributed by atoms with Crippen molar-refractivity contribution in [3.63, 3.8) is 0 Å². The number of benzene rings is 1. The molecule has 23 heavy (non-hydrogen) atoms. The molecule has 0 amide bonds. The Labute approximate surface area is 144 Å². The van der Waals surface area contributed by atoms with E-state index in [1.54, 1.807) is 30.5 Å². The summed E-state index contributed by atoms with van der Waals surface area (Å²) in [6.07, 6.45) is 1.77. The van der Waals surface area contributed by atoms with E-state index in [1.807, 2.05) is 0 Å². The Hall–Kier alpha value is -1.19. The summed E-state index contributed by atoms with van der Waals surface area (Å²) in [6, 6.07) is 6.55. The molecule has 1 aromatic carbocycles. The summed E-state index contributed by atoms with van der Waals surface area (Å²) in [7, 11) is -3.54. The van der Waals surface area contributed by atoms with Crippen molar-refractivity contribution in [1.82, 2.24) is 14.2 Å². The first-order valence-corrected chi connectivity index (χ1v) is 9.77. The first kappa shape index (κ1) is 16.7. The number of halogens is 1. The van der Waals surface area contributed by atoms with Crippen LogP contribution in [-0.4, -0.2) is 48.8 Å². The second-order valence-corrected chi connectivity index (χ2v) is 8.74. The number of piperazine rings is 1. The molecule has 0 unspecified atom stereocenters. The molecular weight excluding hydrogens is 356 g/mol. The minimum Gasteiger partial charge on any atom is -0.375 e. The van der Waals surface area contributed by atoms with Crippen LogP contribution >= 0.6 is 22.9 Å². The van der Waals surface area contributed by atoms with Crippen molar-refractivity contribution < 1.29 is 8.42 Å². The van der Waals surface area contributed by atoms with Crippen LogP contribution in [0.5, 0.6) is 0 Å². The van der Waals surface area contributed by atoms with Gasteiger partial charge in [0.05, 0.1) is 5.02 Å². The smallest absolute Gasteiger partial charge is 0.244 e. The van der Waals surface area contributed by atoms with Crippen LogP contribution in [0.25, 0.3) is 0 Å². The van der Waals surface area contributed by atoms with Gasteiger partial charge in [0, 0.05) is 43.8 Å². The molecule has 124 valence electrons. The van der Waals surface area contributed by atoms with Gasteiger partial charge in [-0.15, -0.1) is 11.3 Å². The zero-order valence-electron chi connectivity index (χ0n) is 12.4. The van der Waals surface area contributed by atoms with Gasteiger partial charge in [-0.2, -0.15) is 4.31 Å². The zero-order chi connectivity index (χ0) is 16.4. The molecule has 2 heterocycles. The van der Waals surface area contributed by atoms with Crippen LogP contribution in [0.2, 0.25) is 5.02 Å². The van der Waals surface area contributed by atoms with Crippen LogP contribution < -0.4 is 5.73 Å². The highest BCUT2D eigenvalue weighted by molar-refractivity contribution is 7.89. The van der Waals surface area contributed by atoms with Gasteiger partial charge < -0.3 is 5.73 Å². The average Bonchev–Trinajstić information content (AvgIpc) is 2.93. The summed E-state index contributed by atoms with van der Waals surface area (Å²) < 4.78 is 26.8. The Kier molecular flexibility index (Phi) is 4.88. The van der Waals surface area contributed by atoms with Gasteiger partial charge in [0.25, 0.3) is 0 Å². The molecule has 1 fully saturated rings. The minimum atomic E-state index is -3.54. The molecule has 2 N–H and O–H groups in total. The first-order chi connectivity index (χ1) is 11.0. The standard InChI is InChI=1S/C14H17ClN4O2S2/c15-12-3-1-2-4-13(12)23(20,21)19-7-5-18(6-8-19)10-11-9-17-14(16)22-11/h1-4,9H,5-8,10H2,(H2,16,17). The summed E-state index contributed by atoms with van der Waals surface area (Å²) in [4.78, 5) is 7.49. The lowest BCUT2D eigenvalue weighted by molar-refractivity contribution is 0.183. The summed E-state index contributed by atoms with van der Waals surface area (Å²) in [5, 5.41) is 0.815. The van der Waals surface area contributed by atoms with Crippen molar-refractivity contribution in [3.8, 4) is 0 Å². The number of aromatic nitrogens is 1. The third-order valence-electron chi connectivity index (χ3n) is 3.74. The highest BCUT2D eigenvalue weighted by Gasteiger charge is 2.29. The van der Waals surface area contributed by atoms with Crippen LogP contribution in [0.15, 0.2) is 35.4 Å². The molecule has 1 aliphatic rings. The number of hydrogen-bond acceptors (Lipinski definition) is 6. The predicted molar refractivity (Wildman–Crippen MR) is 92.0 cm³/mol. The Bertz CT molecular complexity index is 786. The summed E-state index contributed by atoms with van der Waals surface area (Å²) >= 11 is 7.49. The molecule has 0 radical (unpaired) electrons. The number of nitrogens with zero attached hydrogens (tertiary/aromatic N) is 3. The molecule has 0 bridgehead atoms. The molecule has 3 rings (SSSR count). The minimum absolute atomic E-state index is 0.172. The van der Waals surface area contributed by atoms with Crippen molar-refractivity contribution in [2.75, 3.05) is 31.9 Å². The van der Waals surface area contributed by atoms with E-state index < -0.39 is 10.0 Å². The number of hydrogen-bond donors (Lipinski definition) is 1. The monoisotopic (exact) mass is 372 g/mol. The van der Waals surface area contributed by atoms with Gasteiger partial charge in [-0.3, -0.25) is 4.90 Å². The molecule has 1 aliphatic heterocycles. The molecule has 2 aromatic rings. The SMILES string of the molecule is Nc1ncc(CN2CCN(S(=O)(=O)c3ccccc3Cl)CC2)s1. The molecule has 6 nitrogen and oxygen atoms in total. The summed E-state index contributed by atoms with van der Waals surface area (Å²) in [5.41, 5.74) is 5.63. The van der Waals surface area contributed by atoms with Crippen molar-refractivity contribution in [2.45, 2.75) is 11.4 Å². The zero-order valence-corrected chi connectivity index (χ0v) is 14.7. The Balaban J connectivity index is 1.65. The van der Waals surface area contributed by atoms with Crippen LogP contribution in [-0.2, 0) is 16.6 Å². The highest BCUT2D eigenvalue weighted by atomic mass is 35.5. The van der Waals surface area contributed by atoms with Crippen LogP contribution in [0.3, 0.4) is 0 Å². The van der Waals surface area contributed by atoms with Gasteiger partial charge >= 0.3 is 0 Å². The fourth-order valence-electron chi connectivity index (χ4n) is 2.54. The van der Waals surface area contributed by atoms with E-state index in [9.17, 15) is 8.42 Å². The molecule has 1 saturated heterocycles. The van der Waals surface area contributed by atoms with E-state index in [2.05, 4.69) is 9.88 Å². The topological polar surface area (TPSA) is 79.5 Å². The van der Waals surface area contributed by atoms with E-state index in [1.165, 1.54) is 15.6 Å². The lowest BCUT2D eigenvalue weighted by Crippen LogP contribution is -2.48. The van der Waals surface area contributed by atoms with E-state index in [0.717, 1.165) is 11.4 Å². The first-order valence-electron chi connectivity index (χ1n) is 7.14. The van der Waals surface area contributed by atoms with Crippen molar-refractivity contribution >= 4 is 38.1 Å². The molecule has 0 saturated carbocycles. The van der Waals surface area contributed by atoms with Crippen molar-refractivity contribution in [3.05, 3.63) is 40.4 Å². The number of nitrogen functional groups attached to an aromatic ring is 1. The van der Waals surface area contributed by atoms with E-state index in [-0.39, 0.29) is 9.92 Å². The van der Waals surface area contributed by atoms with E-state index >= 15 is 0 Å². The lowest BCUT2D eigenvalue weighted by Gasteiger charge is -2.33. The quantitative estimate of drug-likeness (QED) is 0.886. The normalized spacial score (nSPS) is 17.4. The summed E-state index contributed by atoms with van der Waals surface area (Å²) in [6.45, 7) is 2.97. The molecule has 0 spiro atoms. The van der Waals surface area contributed by atoms with Gasteiger partial charge in [-0.1, -0.05) is 23.7 Å².